The number of aromatic nitrogens is 3. The molecule has 9 heteroatoms. The van der Waals surface area contributed by atoms with Crippen molar-refractivity contribution in [3.05, 3.63) is 64.9 Å². The lowest BCUT2D eigenvalue weighted by Gasteiger charge is -2.39. The Morgan fingerprint density at radius 2 is 2.03 bits per heavy atom. The van der Waals surface area contributed by atoms with E-state index in [2.05, 4.69) is 55.3 Å². The quantitative estimate of drug-likeness (QED) is 0.278. The zero-order chi connectivity index (χ0) is 20.8. The van der Waals surface area contributed by atoms with Gasteiger partial charge in [-0.3, -0.25) is 14.5 Å². The van der Waals surface area contributed by atoms with Gasteiger partial charge in [0.05, 0.1) is 6.54 Å². The van der Waals surface area contributed by atoms with Gasteiger partial charge in [0.1, 0.15) is 6.33 Å². The molecule has 3 aromatic rings. The summed E-state index contributed by atoms with van der Waals surface area (Å²) in [7, 11) is 4.04. The van der Waals surface area contributed by atoms with Crippen molar-refractivity contribution in [1.29, 1.82) is 0 Å². The average Bonchev–Trinajstić information content (AvgIpc) is 3.47. The molecule has 0 saturated carbocycles. The lowest BCUT2D eigenvalue weighted by Crippen LogP contribution is -2.44. The molecule has 0 spiro atoms. The second-order valence-electron chi connectivity index (χ2n) is 7.60. The monoisotopic (exact) mass is 551 g/mol. The van der Waals surface area contributed by atoms with Gasteiger partial charge in [-0.05, 0) is 55.9 Å². The first kappa shape index (κ1) is 23.7. The van der Waals surface area contributed by atoms with Crippen LogP contribution in [-0.2, 0) is 6.54 Å². The number of guanidine groups is 1. The fourth-order valence-corrected chi connectivity index (χ4v) is 5.16. The maximum absolute atomic E-state index is 4.41. The van der Waals surface area contributed by atoms with E-state index >= 15 is 0 Å². The lowest BCUT2D eigenvalue weighted by molar-refractivity contribution is 0.125. The fraction of sp³-hybridized carbons (Fsp3) is 0.409. The van der Waals surface area contributed by atoms with Crippen LogP contribution in [0.3, 0.4) is 0 Å². The van der Waals surface area contributed by atoms with Gasteiger partial charge in [-0.15, -0.1) is 45.5 Å². The number of halogens is 1. The van der Waals surface area contributed by atoms with Gasteiger partial charge in [0.15, 0.2) is 11.8 Å². The van der Waals surface area contributed by atoms with Gasteiger partial charge < -0.3 is 10.6 Å². The van der Waals surface area contributed by atoms with Crippen LogP contribution in [0.2, 0.25) is 0 Å². The molecular weight excluding hydrogens is 521 g/mol. The van der Waals surface area contributed by atoms with E-state index in [1.54, 1.807) is 13.4 Å². The van der Waals surface area contributed by atoms with Crippen LogP contribution in [0, 0.1) is 5.92 Å². The number of thiophene rings is 1. The summed E-state index contributed by atoms with van der Waals surface area (Å²) in [6.07, 6.45) is 4.20. The number of nitrogens with one attached hydrogen (secondary N) is 2. The summed E-state index contributed by atoms with van der Waals surface area (Å²) in [6.45, 7) is 2.59. The molecule has 1 aliphatic heterocycles. The minimum absolute atomic E-state index is 0. The van der Waals surface area contributed by atoms with E-state index < -0.39 is 0 Å². The minimum atomic E-state index is 0. The van der Waals surface area contributed by atoms with Crippen molar-refractivity contribution >= 4 is 41.3 Å². The van der Waals surface area contributed by atoms with Crippen LogP contribution < -0.4 is 10.6 Å². The molecule has 3 heterocycles. The Bertz CT molecular complexity index is 942. The largest absolute Gasteiger partial charge is 0.356 e. The Morgan fingerprint density at radius 3 is 2.77 bits per heavy atom. The number of rotatable bonds is 6. The summed E-state index contributed by atoms with van der Waals surface area (Å²) in [5, 5.41) is 17.4. The van der Waals surface area contributed by atoms with Crippen molar-refractivity contribution in [1.82, 2.24) is 30.3 Å². The molecule has 31 heavy (non-hydrogen) atoms. The summed E-state index contributed by atoms with van der Waals surface area (Å²) in [5.74, 6) is 2.18. The maximum atomic E-state index is 4.41. The van der Waals surface area contributed by atoms with Crippen LogP contribution in [0.25, 0.3) is 5.69 Å². The lowest BCUT2D eigenvalue weighted by atomic mass is 9.88. The third-order valence-electron chi connectivity index (χ3n) is 5.66. The molecular formula is C22H30IN7S. The van der Waals surface area contributed by atoms with Crippen LogP contribution in [0.1, 0.15) is 29.6 Å². The number of piperidine rings is 1. The van der Waals surface area contributed by atoms with E-state index in [-0.39, 0.29) is 24.0 Å². The van der Waals surface area contributed by atoms with Crippen molar-refractivity contribution in [3.8, 4) is 5.69 Å². The van der Waals surface area contributed by atoms with Crippen LogP contribution in [0.4, 0.5) is 0 Å². The Kier molecular flexibility index (Phi) is 8.85. The predicted molar refractivity (Wildman–Crippen MR) is 137 cm³/mol. The first-order valence-electron chi connectivity index (χ1n) is 10.4. The smallest absolute Gasteiger partial charge is 0.191 e. The molecule has 1 aliphatic rings. The molecule has 0 aliphatic carbocycles. The summed E-state index contributed by atoms with van der Waals surface area (Å²) in [4.78, 5) is 8.34. The van der Waals surface area contributed by atoms with Crippen molar-refractivity contribution < 1.29 is 0 Å². The Hall–Kier alpha value is -1.98. The van der Waals surface area contributed by atoms with Crippen molar-refractivity contribution in [2.75, 3.05) is 27.2 Å². The van der Waals surface area contributed by atoms with Gasteiger partial charge in [-0.1, -0.05) is 24.3 Å². The molecule has 7 nitrogen and oxygen atoms in total. The van der Waals surface area contributed by atoms with Gasteiger partial charge in [0, 0.05) is 30.2 Å². The molecule has 2 aromatic heterocycles. The molecule has 4 rings (SSSR count). The first-order valence-corrected chi connectivity index (χ1v) is 11.3. The molecule has 166 valence electrons. The van der Waals surface area contributed by atoms with Crippen LogP contribution in [-0.4, -0.2) is 52.8 Å². The Labute approximate surface area is 205 Å². The van der Waals surface area contributed by atoms with Gasteiger partial charge in [-0.2, -0.15) is 0 Å². The topological polar surface area (TPSA) is 70.4 Å². The number of aliphatic imine (C=N–C) groups is 1. The molecule has 2 atom stereocenters. The fourth-order valence-electron chi connectivity index (χ4n) is 4.18. The number of benzene rings is 1. The number of likely N-dealkylation sites (tertiary alicyclic amines) is 1. The number of hydrogen-bond donors (Lipinski definition) is 2. The third kappa shape index (κ3) is 5.83. The normalized spacial score (nSPS) is 19.6. The highest BCUT2D eigenvalue weighted by atomic mass is 127. The molecule has 2 N–H and O–H groups in total. The first-order chi connectivity index (χ1) is 14.8. The van der Waals surface area contributed by atoms with E-state index in [0.717, 1.165) is 30.6 Å². The molecule has 1 fully saturated rings. The Balaban J connectivity index is 0.00000272. The van der Waals surface area contributed by atoms with Crippen molar-refractivity contribution in [2.24, 2.45) is 10.9 Å². The van der Waals surface area contributed by atoms with E-state index in [0.29, 0.717) is 18.5 Å². The summed E-state index contributed by atoms with van der Waals surface area (Å²) < 4.78 is 1.99. The van der Waals surface area contributed by atoms with Crippen LogP contribution >= 0.6 is 35.3 Å². The standard InChI is InChI=1S/C22H29N7S.HI/c1-23-22(25-15-20-27-26-16-29(20)18-9-4-3-5-10-18)24-14-17-8-6-12-28(2)21(17)19-11-7-13-30-19;/h3-5,7,9-11,13,16-17,21H,6,8,12,14-15H2,1-2H3,(H2,23,24,25);1H. The Morgan fingerprint density at radius 1 is 1.19 bits per heavy atom. The van der Waals surface area contributed by atoms with E-state index in [9.17, 15) is 0 Å². The zero-order valence-corrected chi connectivity index (χ0v) is 21.1. The molecule has 1 aromatic carbocycles. The number of para-hydroxylation sites is 1. The molecule has 1 saturated heterocycles. The third-order valence-corrected chi connectivity index (χ3v) is 6.61. The predicted octanol–water partition coefficient (Wildman–Crippen LogP) is 3.69. The molecule has 0 bridgehead atoms. The van der Waals surface area contributed by atoms with Gasteiger partial charge in [0.2, 0.25) is 0 Å². The maximum Gasteiger partial charge on any atom is 0.191 e. The number of hydrogen-bond acceptors (Lipinski definition) is 5. The summed E-state index contributed by atoms with van der Waals surface area (Å²) in [5.41, 5.74) is 1.05. The SMILES string of the molecule is CN=C(NCc1nncn1-c1ccccc1)NCC1CCCN(C)C1c1cccs1.I. The highest BCUT2D eigenvalue weighted by Crippen LogP contribution is 2.36. The average molecular weight is 552 g/mol. The van der Waals surface area contributed by atoms with E-state index in [1.165, 1.54) is 17.7 Å². The van der Waals surface area contributed by atoms with Crippen LogP contribution in [0.5, 0.6) is 0 Å². The van der Waals surface area contributed by atoms with Gasteiger partial charge in [0.25, 0.3) is 0 Å². The van der Waals surface area contributed by atoms with Gasteiger partial charge >= 0.3 is 0 Å². The van der Waals surface area contributed by atoms with Crippen LogP contribution in [0.15, 0.2) is 59.2 Å². The van der Waals surface area contributed by atoms with Crippen molar-refractivity contribution in [2.45, 2.75) is 25.4 Å². The van der Waals surface area contributed by atoms with E-state index in [1.807, 2.05) is 46.2 Å². The highest BCUT2D eigenvalue weighted by molar-refractivity contribution is 14.0. The van der Waals surface area contributed by atoms with Crippen molar-refractivity contribution in [3.63, 3.8) is 0 Å². The highest BCUT2D eigenvalue weighted by Gasteiger charge is 2.31. The second kappa shape index (κ2) is 11.6. The number of nitrogens with zero attached hydrogens (tertiary/aromatic N) is 5. The summed E-state index contributed by atoms with van der Waals surface area (Å²) >= 11 is 1.85. The summed E-state index contributed by atoms with van der Waals surface area (Å²) in [6, 6.07) is 15.0. The molecule has 0 radical (unpaired) electrons. The van der Waals surface area contributed by atoms with E-state index in [4.69, 9.17) is 0 Å². The zero-order valence-electron chi connectivity index (χ0n) is 17.9. The minimum Gasteiger partial charge on any atom is -0.356 e. The molecule has 0 amide bonds. The molecule has 2 unspecified atom stereocenters. The van der Waals surface area contributed by atoms with Gasteiger partial charge in [-0.25, -0.2) is 0 Å². The second-order valence-corrected chi connectivity index (χ2v) is 8.58.